The fraction of sp³-hybridized carbons (Fsp3) is 0.417. The van der Waals surface area contributed by atoms with Crippen molar-refractivity contribution in [3.8, 4) is 0 Å². The summed E-state index contributed by atoms with van der Waals surface area (Å²) >= 11 is 0. The highest BCUT2D eigenvalue weighted by molar-refractivity contribution is 6.00. The number of furan rings is 1. The predicted molar refractivity (Wildman–Crippen MR) is 126 cm³/mol. The van der Waals surface area contributed by atoms with Gasteiger partial charge in [-0.1, -0.05) is 0 Å². The Morgan fingerprint density at radius 3 is 2.32 bits per heavy atom. The monoisotopic (exact) mass is 471 g/mol. The van der Waals surface area contributed by atoms with E-state index in [2.05, 4.69) is 10.6 Å². The number of carbonyl (C=O) groups excluding carboxylic acids is 2. The molecule has 0 saturated carbocycles. The van der Waals surface area contributed by atoms with E-state index >= 15 is 0 Å². The lowest BCUT2D eigenvalue weighted by Gasteiger charge is -2.15. The van der Waals surface area contributed by atoms with Gasteiger partial charge in [-0.3, -0.25) is 4.79 Å². The summed E-state index contributed by atoms with van der Waals surface area (Å²) in [6, 6.07) is 0.125. The molecule has 0 aliphatic heterocycles. The third kappa shape index (κ3) is 5.05. The number of amides is 3. The van der Waals surface area contributed by atoms with Crippen LogP contribution >= 0.6 is 0 Å². The van der Waals surface area contributed by atoms with Crippen LogP contribution in [0.25, 0.3) is 21.9 Å². The smallest absolute Gasteiger partial charge is 0.339 e. The molecule has 5 N–H and O–H groups in total. The third-order valence-corrected chi connectivity index (χ3v) is 6.15. The van der Waals surface area contributed by atoms with Gasteiger partial charge < -0.3 is 30.3 Å². The first-order valence-electron chi connectivity index (χ1n) is 11.0. The van der Waals surface area contributed by atoms with Gasteiger partial charge in [0.2, 0.25) is 5.91 Å². The second kappa shape index (κ2) is 9.98. The third-order valence-electron chi connectivity index (χ3n) is 6.15. The lowest BCUT2D eigenvalue weighted by atomic mass is 9.98. The number of urea groups is 1. The zero-order valence-electron chi connectivity index (χ0n) is 19.7. The molecule has 0 fully saturated rings. The summed E-state index contributed by atoms with van der Waals surface area (Å²) in [5.74, 6) is -0.884. The minimum atomic E-state index is -1.18. The molecule has 0 unspecified atom stereocenters. The van der Waals surface area contributed by atoms with Crippen molar-refractivity contribution >= 4 is 39.8 Å². The molecule has 3 aromatic rings. The molecule has 1 atom stereocenters. The number of rotatable bonds is 9. The molecule has 0 radical (unpaired) electrons. The van der Waals surface area contributed by atoms with E-state index in [0.29, 0.717) is 23.2 Å². The van der Waals surface area contributed by atoms with Gasteiger partial charge in [0.15, 0.2) is 0 Å². The van der Waals surface area contributed by atoms with E-state index in [-0.39, 0.29) is 25.8 Å². The highest BCUT2D eigenvalue weighted by Crippen LogP contribution is 2.34. The molecule has 2 aromatic heterocycles. The Balaban J connectivity index is 1.77. The van der Waals surface area contributed by atoms with Gasteiger partial charge >= 0.3 is 17.6 Å². The molecule has 182 valence electrons. The molecule has 3 amide bonds. The second-order valence-corrected chi connectivity index (χ2v) is 8.42. The molecule has 34 heavy (non-hydrogen) atoms. The van der Waals surface area contributed by atoms with Crippen molar-refractivity contribution in [1.29, 1.82) is 0 Å². The van der Waals surface area contributed by atoms with Crippen LogP contribution in [0.15, 0.2) is 19.7 Å². The van der Waals surface area contributed by atoms with Gasteiger partial charge in [0.25, 0.3) is 0 Å². The van der Waals surface area contributed by atoms with E-state index < -0.39 is 29.6 Å². The van der Waals surface area contributed by atoms with E-state index in [4.69, 9.17) is 14.6 Å². The normalized spacial score (nSPS) is 12.1. The zero-order valence-corrected chi connectivity index (χ0v) is 19.7. The number of carbonyl (C=O) groups is 3. The lowest BCUT2D eigenvalue weighted by molar-refractivity contribution is -0.142. The quantitative estimate of drug-likeness (QED) is 0.275. The SMILES string of the molecule is Cc1oc2c(C)c3oc(=O)c(CCC(=O)N[C@H](CCCNC(N)=O)C(=O)O)c(C)c3cc2c1C. The van der Waals surface area contributed by atoms with Crippen molar-refractivity contribution in [2.75, 3.05) is 6.54 Å². The maximum atomic E-state index is 12.7. The van der Waals surface area contributed by atoms with Crippen LogP contribution in [-0.2, 0) is 16.0 Å². The van der Waals surface area contributed by atoms with Gasteiger partial charge in [-0.25, -0.2) is 14.4 Å². The van der Waals surface area contributed by atoms with Gasteiger partial charge in [0.1, 0.15) is 23.0 Å². The number of fused-ring (bicyclic) bond motifs is 2. The van der Waals surface area contributed by atoms with Crippen LogP contribution in [-0.4, -0.2) is 35.6 Å². The van der Waals surface area contributed by atoms with Crippen LogP contribution in [0.4, 0.5) is 4.79 Å². The van der Waals surface area contributed by atoms with Gasteiger partial charge in [-0.15, -0.1) is 0 Å². The number of benzene rings is 1. The summed E-state index contributed by atoms with van der Waals surface area (Å²) in [6.45, 7) is 7.70. The Kier molecular flexibility index (Phi) is 7.29. The molecule has 10 nitrogen and oxygen atoms in total. The number of hydrogen-bond donors (Lipinski definition) is 4. The van der Waals surface area contributed by atoms with Crippen molar-refractivity contribution in [3.63, 3.8) is 0 Å². The van der Waals surface area contributed by atoms with Crippen LogP contribution in [0.5, 0.6) is 0 Å². The van der Waals surface area contributed by atoms with Crippen LogP contribution < -0.4 is 22.0 Å². The predicted octanol–water partition coefficient (Wildman–Crippen LogP) is 2.72. The van der Waals surface area contributed by atoms with E-state index in [1.807, 2.05) is 33.8 Å². The van der Waals surface area contributed by atoms with Crippen LogP contribution in [0.1, 0.15) is 47.3 Å². The average Bonchev–Trinajstić information content (AvgIpc) is 3.05. The van der Waals surface area contributed by atoms with Gasteiger partial charge in [-0.2, -0.15) is 0 Å². The van der Waals surface area contributed by atoms with Gasteiger partial charge in [0, 0.05) is 34.9 Å². The van der Waals surface area contributed by atoms with E-state index in [0.717, 1.165) is 33.2 Å². The van der Waals surface area contributed by atoms with Crippen molar-refractivity contribution in [1.82, 2.24) is 10.6 Å². The minimum absolute atomic E-state index is 0.0779. The summed E-state index contributed by atoms with van der Waals surface area (Å²) in [6.07, 6.45) is 0.475. The van der Waals surface area contributed by atoms with Crippen molar-refractivity contribution in [3.05, 3.63) is 44.5 Å². The van der Waals surface area contributed by atoms with E-state index in [1.165, 1.54) is 0 Å². The Bertz CT molecular complexity index is 1340. The highest BCUT2D eigenvalue weighted by atomic mass is 16.4. The first-order valence-corrected chi connectivity index (χ1v) is 11.0. The lowest BCUT2D eigenvalue weighted by Crippen LogP contribution is -2.41. The Morgan fingerprint density at radius 1 is 1.03 bits per heavy atom. The Morgan fingerprint density at radius 2 is 1.68 bits per heavy atom. The van der Waals surface area contributed by atoms with Crippen LogP contribution in [0, 0.1) is 27.7 Å². The standard InChI is InChI=1S/C24H29N3O7/c1-11-14(4)33-20-13(3)21-17(10-16(11)20)12(2)15(23(31)34-21)7-8-19(28)27-18(22(29)30)6-5-9-26-24(25)32/h10,18H,5-9H2,1-4H3,(H,27,28)(H,29,30)(H3,25,26,32)/t18-/m1/s1. The second-order valence-electron chi connectivity index (χ2n) is 8.42. The molecule has 10 heteroatoms. The number of carboxylic acids is 1. The first kappa shape index (κ1) is 24.8. The highest BCUT2D eigenvalue weighted by Gasteiger charge is 2.22. The maximum absolute atomic E-state index is 12.7. The molecule has 0 saturated heterocycles. The fourth-order valence-electron chi connectivity index (χ4n) is 4.06. The molecule has 0 aliphatic rings. The van der Waals surface area contributed by atoms with Crippen molar-refractivity contribution < 1.29 is 28.3 Å². The Hall–Kier alpha value is -3.82. The fourth-order valence-corrected chi connectivity index (χ4v) is 4.06. The Labute approximate surface area is 195 Å². The minimum Gasteiger partial charge on any atom is -0.480 e. The van der Waals surface area contributed by atoms with Gasteiger partial charge in [0.05, 0.1) is 0 Å². The summed E-state index contributed by atoms with van der Waals surface area (Å²) in [4.78, 5) is 47.3. The number of hydrogen-bond acceptors (Lipinski definition) is 6. The maximum Gasteiger partial charge on any atom is 0.339 e. The largest absolute Gasteiger partial charge is 0.480 e. The zero-order chi connectivity index (χ0) is 25.2. The average molecular weight is 472 g/mol. The molecule has 0 aliphatic carbocycles. The van der Waals surface area contributed by atoms with Crippen molar-refractivity contribution in [2.45, 2.75) is 59.4 Å². The summed E-state index contributed by atoms with van der Waals surface area (Å²) in [7, 11) is 0. The van der Waals surface area contributed by atoms with Crippen LogP contribution in [0.3, 0.4) is 0 Å². The molecular weight excluding hydrogens is 442 g/mol. The first-order chi connectivity index (χ1) is 16.0. The number of carboxylic acid groups (broad SMARTS) is 1. The number of aliphatic carboxylic acids is 1. The molecule has 1 aromatic carbocycles. The van der Waals surface area contributed by atoms with E-state index in [1.54, 1.807) is 0 Å². The molecular formula is C24H29N3O7. The molecule has 3 rings (SSSR count). The number of aryl methyl sites for hydroxylation is 4. The van der Waals surface area contributed by atoms with Gasteiger partial charge in [-0.05, 0) is 64.2 Å². The summed E-state index contributed by atoms with van der Waals surface area (Å²) < 4.78 is 11.5. The van der Waals surface area contributed by atoms with E-state index in [9.17, 15) is 24.3 Å². The van der Waals surface area contributed by atoms with Crippen LogP contribution in [0.2, 0.25) is 0 Å². The molecule has 2 heterocycles. The number of primary amides is 1. The topological polar surface area (TPSA) is 165 Å². The number of nitrogens with two attached hydrogens (primary N) is 1. The molecule has 0 bridgehead atoms. The molecule has 0 spiro atoms. The number of nitrogens with one attached hydrogen (secondary N) is 2. The summed E-state index contributed by atoms with van der Waals surface area (Å²) in [5, 5.41) is 15.9. The van der Waals surface area contributed by atoms with Crippen molar-refractivity contribution in [2.24, 2.45) is 5.73 Å². The summed E-state index contributed by atoms with van der Waals surface area (Å²) in [5.41, 5.74) is 8.41.